The molecule has 3 nitrogen and oxygen atoms in total. The number of rotatable bonds is 7. The molecule has 0 saturated heterocycles. The van der Waals surface area contributed by atoms with E-state index in [1.165, 1.54) is 30.5 Å². The molecule has 0 saturated carbocycles. The largest absolute Gasteiger partial charge is 0.320 e. The van der Waals surface area contributed by atoms with Crippen molar-refractivity contribution in [2.24, 2.45) is 0 Å². The van der Waals surface area contributed by atoms with E-state index in [1.807, 2.05) is 25.2 Å². The molecule has 0 aliphatic rings. The summed E-state index contributed by atoms with van der Waals surface area (Å²) in [5.74, 6) is 0. The van der Waals surface area contributed by atoms with Crippen LogP contribution in [0, 0.1) is 0 Å². The zero-order chi connectivity index (χ0) is 12.6. The standard InChI is InChI=1S/C15H21N3/c1-16-11-7-3-6-10-14-12-15(18-17-14)13-8-4-2-5-9-13/h2,4-5,8-9,12,16H,3,6-7,10-11H2,1H3,(H,17,18). The Morgan fingerprint density at radius 2 is 1.94 bits per heavy atom. The van der Waals surface area contributed by atoms with E-state index in [1.54, 1.807) is 0 Å². The summed E-state index contributed by atoms with van der Waals surface area (Å²) in [6.07, 6.45) is 4.82. The van der Waals surface area contributed by atoms with E-state index in [-0.39, 0.29) is 0 Å². The van der Waals surface area contributed by atoms with Crippen molar-refractivity contribution in [3.05, 3.63) is 42.1 Å². The first-order valence-corrected chi connectivity index (χ1v) is 6.64. The van der Waals surface area contributed by atoms with Crippen molar-refractivity contribution in [3.63, 3.8) is 0 Å². The smallest absolute Gasteiger partial charge is 0.0923 e. The van der Waals surface area contributed by atoms with Gasteiger partial charge in [0, 0.05) is 11.3 Å². The van der Waals surface area contributed by atoms with Gasteiger partial charge in [-0.1, -0.05) is 36.8 Å². The Kier molecular flexibility index (Phi) is 4.97. The number of hydrogen-bond acceptors (Lipinski definition) is 2. The number of nitrogens with zero attached hydrogens (tertiary/aromatic N) is 1. The zero-order valence-electron chi connectivity index (χ0n) is 10.9. The molecule has 0 radical (unpaired) electrons. The van der Waals surface area contributed by atoms with Gasteiger partial charge >= 0.3 is 0 Å². The van der Waals surface area contributed by atoms with E-state index in [2.05, 4.69) is 33.7 Å². The SMILES string of the molecule is CNCCCCCc1cc(-c2ccccc2)n[nH]1. The lowest BCUT2D eigenvalue weighted by molar-refractivity contribution is 0.637. The average Bonchev–Trinajstić information content (AvgIpc) is 2.88. The summed E-state index contributed by atoms with van der Waals surface area (Å²) in [4.78, 5) is 0. The maximum absolute atomic E-state index is 4.36. The summed E-state index contributed by atoms with van der Waals surface area (Å²) in [6, 6.07) is 12.5. The van der Waals surface area contributed by atoms with Crippen molar-refractivity contribution in [2.45, 2.75) is 25.7 Å². The van der Waals surface area contributed by atoms with Gasteiger partial charge in [-0.2, -0.15) is 5.10 Å². The monoisotopic (exact) mass is 243 g/mol. The summed E-state index contributed by atoms with van der Waals surface area (Å²) < 4.78 is 0. The van der Waals surface area contributed by atoms with Crippen LogP contribution in [0.15, 0.2) is 36.4 Å². The first-order chi connectivity index (χ1) is 8.90. The van der Waals surface area contributed by atoms with Crippen LogP contribution in [0.4, 0.5) is 0 Å². The Bertz CT molecular complexity index is 448. The molecule has 0 bridgehead atoms. The minimum Gasteiger partial charge on any atom is -0.320 e. The van der Waals surface area contributed by atoms with E-state index in [4.69, 9.17) is 0 Å². The molecule has 1 heterocycles. The number of aromatic amines is 1. The number of unbranched alkanes of at least 4 members (excludes halogenated alkanes) is 2. The Labute approximate surface area is 109 Å². The van der Waals surface area contributed by atoms with Gasteiger partial charge in [-0.25, -0.2) is 0 Å². The van der Waals surface area contributed by atoms with E-state index < -0.39 is 0 Å². The van der Waals surface area contributed by atoms with Crippen molar-refractivity contribution >= 4 is 0 Å². The molecule has 0 amide bonds. The highest BCUT2D eigenvalue weighted by atomic mass is 15.1. The van der Waals surface area contributed by atoms with Crippen LogP contribution in [-0.2, 0) is 6.42 Å². The molecule has 2 rings (SSSR count). The second kappa shape index (κ2) is 6.97. The van der Waals surface area contributed by atoms with Crippen molar-refractivity contribution < 1.29 is 0 Å². The van der Waals surface area contributed by atoms with Gasteiger partial charge in [0.25, 0.3) is 0 Å². The lowest BCUT2D eigenvalue weighted by atomic mass is 10.1. The first-order valence-electron chi connectivity index (χ1n) is 6.64. The van der Waals surface area contributed by atoms with Crippen molar-refractivity contribution in [1.82, 2.24) is 15.5 Å². The van der Waals surface area contributed by atoms with Crippen LogP contribution in [0.1, 0.15) is 25.0 Å². The highest BCUT2D eigenvalue weighted by Gasteiger charge is 2.02. The minimum atomic E-state index is 1.04. The number of nitrogens with one attached hydrogen (secondary N) is 2. The lowest BCUT2D eigenvalue weighted by Crippen LogP contribution is -2.07. The second-order valence-corrected chi connectivity index (χ2v) is 4.56. The van der Waals surface area contributed by atoms with Crippen LogP contribution in [0.2, 0.25) is 0 Å². The number of benzene rings is 1. The normalized spacial score (nSPS) is 10.7. The molecule has 1 aromatic heterocycles. The molecule has 0 fully saturated rings. The predicted molar refractivity (Wildman–Crippen MR) is 75.5 cm³/mol. The van der Waals surface area contributed by atoms with Crippen LogP contribution in [-0.4, -0.2) is 23.8 Å². The van der Waals surface area contributed by atoms with Crippen LogP contribution in [0.25, 0.3) is 11.3 Å². The van der Waals surface area contributed by atoms with Crippen LogP contribution in [0.3, 0.4) is 0 Å². The molecule has 96 valence electrons. The molecule has 3 heteroatoms. The number of H-pyrrole nitrogens is 1. The molecule has 18 heavy (non-hydrogen) atoms. The fourth-order valence-corrected chi connectivity index (χ4v) is 2.04. The molecule has 0 spiro atoms. The Balaban J connectivity index is 1.83. The van der Waals surface area contributed by atoms with Gasteiger partial charge in [0.2, 0.25) is 0 Å². The summed E-state index contributed by atoms with van der Waals surface area (Å²) in [7, 11) is 2.00. The third-order valence-electron chi connectivity index (χ3n) is 3.07. The van der Waals surface area contributed by atoms with Gasteiger partial charge in [0.1, 0.15) is 0 Å². The summed E-state index contributed by atoms with van der Waals surface area (Å²) >= 11 is 0. The maximum Gasteiger partial charge on any atom is 0.0923 e. The van der Waals surface area contributed by atoms with E-state index in [9.17, 15) is 0 Å². The predicted octanol–water partition coefficient (Wildman–Crippen LogP) is 3.01. The van der Waals surface area contributed by atoms with E-state index in [0.29, 0.717) is 0 Å². The van der Waals surface area contributed by atoms with Gasteiger partial charge in [0.05, 0.1) is 5.69 Å². The minimum absolute atomic E-state index is 1.04. The number of aromatic nitrogens is 2. The fourth-order valence-electron chi connectivity index (χ4n) is 2.04. The Morgan fingerprint density at radius 3 is 2.72 bits per heavy atom. The highest BCUT2D eigenvalue weighted by Crippen LogP contribution is 2.17. The van der Waals surface area contributed by atoms with Gasteiger partial charge in [0.15, 0.2) is 0 Å². The summed E-state index contributed by atoms with van der Waals surface area (Å²) in [6.45, 7) is 1.11. The van der Waals surface area contributed by atoms with E-state index in [0.717, 1.165) is 18.7 Å². The zero-order valence-corrected chi connectivity index (χ0v) is 10.9. The van der Waals surface area contributed by atoms with Gasteiger partial charge in [-0.3, -0.25) is 5.10 Å². The average molecular weight is 243 g/mol. The molecule has 0 unspecified atom stereocenters. The number of hydrogen-bond donors (Lipinski definition) is 2. The fraction of sp³-hybridized carbons (Fsp3) is 0.400. The van der Waals surface area contributed by atoms with E-state index >= 15 is 0 Å². The van der Waals surface area contributed by atoms with Crippen LogP contribution in [0.5, 0.6) is 0 Å². The number of aryl methyl sites for hydroxylation is 1. The van der Waals surface area contributed by atoms with Crippen molar-refractivity contribution in [3.8, 4) is 11.3 Å². The molecular formula is C15H21N3. The van der Waals surface area contributed by atoms with Crippen molar-refractivity contribution in [1.29, 1.82) is 0 Å². The molecule has 1 aromatic carbocycles. The van der Waals surface area contributed by atoms with Gasteiger partial charge < -0.3 is 5.32 Å². The molecule has 2 aromatic rings. The molecule has 0 aliphatic heterocycles. The molecular weight excluding hydrogens is 222 g/mol. The molecule has 2 N–H and O–H groups in total. The third-order valence-corrected chi connectivity index (χ3v) is 3.07. The topological polar surface area (TPSA) is 40.7 Å². The van der Waals surface area contributed by atoms with Crippen LogP contribution < -0.4 is 5.32 Å². The molecule has 0 aliphatic carbocycles. The summed E-state index contributed by atoms with van der Waals surface area (Å²) in [5.41, 5.74) is 3.45. The van der Waals surface area contributed by atoms with Crippen molar-refractivity contribution in [2.75, 3.05) is 13.6 Å². The van der Waals surface area contributed by atoms with Crippen LogP contribution >= 0.6 is 0 Å². The summed E-state index contributed by atoms with van der Waals surface area (Å²) in [5, 5.41) is 10.7. The van der Waals surface area contributed by atoms with Gasteiger partial charge in [-0.05, 0) is 38.9 Å². The third kappa shape index (κ3) is 3.70. The second-order valence-electron chi connectivity index (χ2n) is 4.56. The highest BCUT2D eigenvalue weighted by molar-refractivity contribution is 5.58. The van der Waals surface area contributed by atoms with Gasteiger partial charge in [-0.15, -0.1) is 0 Å². The lowest BCUT2D eigenvalue weighted by Gasteiger charge is -1.98. The maximum atomic E-state index is 4.36. The molecule has 0 atom stereocenters. The first kappa shape index (κ1) is 12.8. The Morgan fingerprint density at radius 1 is 1.11 bits per heavy atom. The quantitative estimate of drug-likeness (QED) is 0.734. The Hall–Kier alpha value is -1.61.